The Morgan fingerprint density at radius 1 is 1.40 bits per heavy atom. The number of anilines is 1. The van der Waals surface area contributed by atoms with E-state index < -0.39 is 5.97 Å². The summed E-state index contributed by atoms with van der Waals surface area (Å²) < 4.78 is 0. The van der Waals surface area contributed by atoms with Crippen LogP contribution in [0.15, 0.2) is 30.3 Å². The molecule has 0 amide bonds. The minimum Gasteiger partial charge on any atom is -0.477 e. The highest BCUT2D eigenvalue weighted by Crippen LogP contribution is 2.23. The van der Waals surface area contributed by atoms with Crippen molar-refractivity contribution in [2.24, 2.45) is 5.92 Å². The number of aliphatic hydroxyl groups excluding tert-OH is 1. The van der Waals surface area contributed by atoms with Gasteiger partial charge in [-0.15, -0.1) is 0 Å². The molecule has 0 spiro atoms. The molecule has 20 heavy (non-hydrogen) atoms. The lowest BCUT2D eigenvalue weighted by atomic mass is 10.1. The molecule has 0 saturated carbocycles. The van der Waals surface area contributed by atoms with Gasteiger partial charge in [0.2, 0.25) is 0 Å². The highest BCUT2D eigenvalue weighted by atomic mass is 16.4. The molecule has 1 unspecified atom stereocenters. The summed E-state index contributed by atoms with van der Waals surface area (Å²) in [4.78, 5) is 15.3. The Labute approximate surface area is 117 Å². The molecule has 2 rings (SSSR count). The van der Waals surface area contributed by atoms with Crippen LogP contribution in [0, 0.1) is 5.92 Å². The van der Waals surface area contributed by atoms with Gasteiger partial charge in [-0.3, -0.25) is 0 Å². The summed E-state index contributed by atoms with van der Waals surface area (Å²) >= 11 is 0. The molecule has 0 saturated heterocycles. The number of aromatic carboxylic acids is 1. The van der Waals surface area contributed by atoms with E-state index in [9.17, 15) is 4.79 Å². The summed E-state index contributed by atoms with van der Waals surface area (Å²) in [5.41, 5.74) is 0.0287. The lowest BCUT2D eigenvalue weighted by Crippen LogP contribution is -2.14. The molecule has 1 aromatic heterocycles. The topological polar surface area (TPSA) is 82.5 Å². The normalized spacial score (nSPS) is 12.3. The minimum absolute atomic E-state index is 0.0287. The Morgan fingerprint density at radius 3 is 2.85 bits per heavy atom. The number of fused-ring (bicyclic) bond motifs is 1. The van der Waals surface area contributed by atoms with Crippen LogP contribution in [0.2, 0.25) is 0 Å². The van der Waals surface area contributed by atoms with Crippen molar-refractivity contribution in [3.63, 3.8) is 0 Å². The van der Waals surface area contributed by atoms with Crippen LogP contribution in [-0.4, -0.2) is 34.3 Å². The van der Waals surface area contributed by atoms with Gasteiger partial charge in [0.1, 0.15) is 5.82 Å². The molecule has 0 aliphatic carbocycles. The number of aromatic nitrogens is 1. The van der Waals surface area contributed by atoms with Gasteiger partial charge in [0.15, 0.2) is 5.69 Å². The van der Waals surface area contributed by atoms with Crippen molar-refractivity contribution >= 4 is 22.6 Å². The summed E-state index contributed by atoms with van der Waals surface area (Å²) in [6, 6.07) is 9.11. The third-order valence-electron chi connectivity index (χ3n) is 3.20. The van der Waals surface area contributed by atoms with Gasteiger partial charge in [-0.25, -0.2) is 9.78 Å². The SMILES string of the molecule is CC(CCO)CNc1nc(C(=O)O)cc2ccccc12. The quantitative estimate of drug-likeness (QED) is 0.753. The first-order valence-corrected chi connectivity index (χ1v) is 6.59. The maximum absolute atomic E-state index is 11.1. The number of aliphatic hydroxyl groups is 1. The van der Waals surface area contributed by atoms with Crippen LogP contribution in [-0.2, 0) is 0 Å². The van der Waals surface area contributed by atoms with Crippen molar-refractivity contribution in [3.8, 4) is 0 Å². The number of hydrogen-bond donors (Lipinski definition) is 3. The van der Waals surface area contributed by atoms with E-state index in [0.29, 0.717) is 18.8 Å². The Bertz CT molecular complexity index is 613. The van der Waals surface area contributed by atoms with E-state index in [2.05, 4.69) is 10.3 Å². The molecule has 3 N–H and O–H groups in total. The number of carboxylic acids is 1. The average Bonchev–Trinajstić information content (AvgIpc) is 2.44. The maximum Gasteiger partial charge on any atom is 0.354 e. The zero-order chi connectivity index (χ0) is 14.5. The third kappa shape index (κ3) is 3.24. The number of nitrogens with zero attached hydrogens (tertiary/aromatic N) is 1. The third-order valence-corrected chi connectivity index (χ3v) is 3.20. The minimum atomic E-state index is -1.04. The largest absolute Gasteiger partial charge is 0.477 e. The number of carboxylic acid groups (broad SMARTS) is 1. The summed E-state index contributed by atoms with van der Waals surface area (Å²) in [5, 5.41) is 22.9. The first-order chi connectivity index (χ1) is 9.61. The van der Waals surface area contributed by atoms with Crippen molar-refractivity contribution < 1.29 is 15.0 Å². The number of pyridine rings is 1. The second-order valence-corrected chi connectivity index (χ2v) is 4.88. The van der Waals surface area contributed by atoms with E-state index in [1.54, 1.807) is 6.07 Å². The molecule has 0 aliphatic rings. The van der Waals surface area contributed by atoms with Gasteiger partial charge in [-0.1, -0.05) is 31.2 Å². The average molecular weight is 274 g/mol. The molecule has 0 bridgehead atoms. The van der Waals surface area contributed by atoms with Gasteiger partial charge in [-0.05, 0) is 23.8 Å². The van der Waals surface area contributed by atoms with Crippen molar-refractivity contribution in [1.82, 2.24) is 4.98 Å². The Balaban J connectivity index is 2.32. The van der Waals surface area contributed by atoms with E-state index in [-0.39, 0.29) is 18.2 Å². The zero-order valence-corrected chi connectivity index (χ0v) is 11.3. The molecular weight excluding hydrogens is 256 g/mol. The number of rotatable bonds is 6. The van der Waals surface area contributed by atoms with E-state index in [0.717, 1.165) is 10.8 Å². The molecule has 0 radical (unpaired) electrons. The first kappa shape index (κ1) is 14.3. The van der Waals surface area contributed by atoms with Crippen LogP contribution >= 0.6 is 0 Å². The van der Waals surface area contributed by atoms with Gasteiger partial charge in [0.25, 0.3) is 0 Å². The molecule has 0 aliphatic heterocycles. The van der Waals surface area contributed by atoms with Gasteiger partial charge < -0.3 is 15.5 Å². The highest BCUT2D eigenvalue weighted by Gasteiger charge is 2.11. The molecule has 5 nitrogen and oxygen atoms in total. The number of benzene rings is 1. The second kappa shape index (κ2) is 6.34. The summed E-state index contributed by atoms with van der Waals surface area (Å²) in [7, 11) is 0. The van der Waals surface area contributed by atoms with Crippen LogP contribution in [0.5, 0.6) is 0 Å². The summed E-state index contributed by atoms with van der Waals surface area (Å²) in [5.74, 6) is -0.179. The molecule has 5 heteroatoms. The van der Waals surface area contributed by atoms with Crippen LogP contribution < -0.4 is 5.32 Å². The summed E-state index contributed by atoms with van der Waals surface area (Å²) in [6.45, 7) is 2.80. The van der Waals surface area contributed by atoms with Gasteiger partial charge in [0, 0.05) is 18.5 Å². The molecule has 2 aromatic rings. The van der Waals surface area contributed by atoms with Crippen LogP contribution in [0.4, 0.5) is 5.82 Å². The number of hydrogen-bond acceptors (Lipinski definition) is 4. The molecule has 1 aromatic carbocycles. The molecule has 106 valence electrons. The lowest BCUT2D eigenvalue weighted by molar-refractivity contribution is 0.0691. The maximum atomic E-state index is 11.1. The van der Waals surface area contributed by atoms with Crippen LogP contribution in [0.1, 0.15) is 23.8 Å². The van der Waals surface area contributed by atoms with E-state index in [4.69, 9.17) is 10.2 Å². The van der Waals surface area contributed by atoms with Crippen molar-refractivity contribution in [3.05, 3.63) is 36.0 Å². The fourth-order valence-electron chi connectivity index (χ4n) is 2.04. The predicted molar refractivity (Wildman–Crippen MR) is 78.1 cm³/mol. The van der Waals surface area contributed by atoms with Crippen molar-refractivity contribution in [2.45, 2.75) is 13.3 Å². The number of nitrogens with one attached hydrogen (secondary N) is 1. The standard InChI is InChI=1S/C15H18N2O3/c1-10(6-7-18)9-16-14-12-5-3-2-4-11(12)8-13(17-14)15(19)20/h2-5,8,10,18H,6-7,9H2,1H3,(H,16,17)(H,19,20). The fraction of sp³-hybridized carbons (Fsp3) is 0.333. The van der Waals surface area contributed by atoms with Crippen LogP contribution in [0.25, 0.3) is 10.8 Å². The molecule has 0 fully saturated rings. The van der Waals surface area contributed by atoms with Gasteiger partial charge in [0.05, 0.1) is 0 Å². The summed E-state index contributed by atoms with van der Waals surface area (Å²) in [6.07, 6.45) is 0.698. The van der Waals surface area contributed by atoms with Crippen molar-refractivity contribution in [1.29, 1.82) is 0 Å². The zero-order valence-electron chi connectivity index (χ0n) is 11.3. The lowest BCUT2D eigenvalue weighted by Gasteiger charge is -2.14. The van der Waals surface area contributed by atoms with Gasteiger partial charge >= 0.3 is 5.97 Å². The van der Waals surface area contributed by atoms with Crippen molar-refractivity contribution in [2.75, 3.05) is 18.5 Å². The highest BCUT2D eigenvalue weighted by molar-refractivity contribution is 5.97. The van der Waals surface area contributed by atoms with E-state index >= 15 is 0 Å². The predicted octanol–water partition coefficient (Wildman–Crippen LogP) is 2.36. The Kier molecular flexibility index (Phi) is 4.53. The second-order valence-electron chi connectivity index (χ2n) is 4.88. The molecular formula is C15H18N2O3. The number of carbonyl (C=O) groups is 1. The first-order valence-electron chi connectivity index (χ1n) is 6.59. The molecule has 1 atom stereocenters. The smallest absolute Gasteiger partial charge is 0.354 e. The van der Waals surface area contributed by atoms with E-state index in [1.807, 2.05) is 31.2 Å². The Morgan fingerprint density at radius 2 is 2.15 bits per heavy atom. The Hall–Kier alpha value is -2.14. The van der Waals surface area contributed by atoms with Crippen LogP contribution in [0.3, 0.4) is 0 Å². The fourth-order valence-corrected chi connectivity index (χ4v) is 2.04. The monoisotopic (exact) mass is 274 g/mol. The van der Waals surface area contributed by atoms with E-state index in [1.165, 1.54) is 0 Å². The molecule has 1 heterocycles. The van der Waals surface area contributed by atoms with Gasteiger partial charge in [-0.2, -0.15) is 0 Å².